The van der Waals surface area contributed by atoms with Crippen LogP contribution in [0, 0.1) is 5.82 Å². The fourth-order valence-electron chi connectivity index (χ4n) is 3.95. The van der Waals surface area contributed by atoms with Crippen molar-refractivity contribution < 1.29 is 17.6 Å². The molecule has 0 spiro atoms. The number of hydrogen-bond acceptors (Lipinski definition) is 6. The highest BCUT2D eigenvalue weighted by Gasteiger charge is 2.42. The molecule has 0 unspecified atom stereocenters. The first kappa shape index (κ1) is 22.0. The van der Waals surface area contributed by atoms with E-state index in [0.717, 1.165) is 17.4 Å². The zero-order valence-electron chi connectivity index (χ0n) is 17.2. The van der Waals surface area contributed by atoms with E-state index in [9.17, 15) is 17.6 Å². The quantitative estimate of drug-likeness (QED) is 0.398. The lowest BCUT2D eigenvalue weighted by atomic mass is 10.1. The summed E-state index contributed by atoms with van der Waals surface area (Å²) in [5.74, 6) is -0.661. The topological polar surface area (TPSA) is 72.3 Å². The molecule has 1 aromatic heterocycles. The molecule has 0 bridgehead atoms. The number of thiocarbonyl (C=S) groups is 1. The summed E-state index contributed by atoms with van der Waals surface area (Å²) in [6.07, 6.45) is 3.91. The van der Waals surface area contributed by atoms with Gasteiger partial charge < -0.3 is 0 Å². The van der Waals surface area contributed by atoms with E-state index >= 15 is 0 Å². The standard InChI is InChI=1S/C23H18FN3O3S3/c24-17-8-6-15(7-9-17)21-16(13-26(25-21)18-4-2-1-3-5-18)12-20-22(28)27(23(31)32-20)19-10-11-33(29,30)14-19/h1-9,12-13,19H,10-11,14H2/b20-12-/t19-/m1/s1. The van der Waals surface area contributed by atoms with Crippen molar-refractivity contribution in [1.29, 1.82) is 0 Å². The second kappa shape index (κ2) is 8.51. The molecule has 0 N–H and O–H groups in total. The molecular formula is C23H18FN3O3S3. The Labute approximate surface area is 200 Å². The molecule has 3 aromatic rings. The average molecular weight is 500 g/mol. The molecule has 1 amide bonds. The van der Waals surface area contributed by atoms with Crippen LogP contribution in [-0.2, 0) is 14.6 Å². The summed E-state index contributed by atoms with van der Waals surface area (Å²) >= 11 is 6.57. The summed E-state index contributed by atoms with van der Waals surface area (Å²) in [6, 6.07) is 15.1. The molecule has 1 atom stereocenters. The third kappa shape index (κ3) is 4.38. The van der Waals surface area contributed by atoms with E-state index in [1.165, 1.54) is 17.0 Å². The van der Waals surface area contributed by atoms with Gasteiger partial charge in [-0.25, -0.2) is 17.5 Å². The summed E-state index contributed by atoms with van der Waals surface area (Å²) in [6.45, 7) is 0. The maximum absolute atomic E-state index is 13.5. The number of hydrogen-bond donors (Lipinski definition) is 0. The molecule has 3 heterocycles. The van der Waals surface area contributed by atoms with E-state index < -0.39 is 15.9 Å². The van der Waals surface area contributed by atoms with Gasteiger partial charge in [-0.05, 0) is 48.9 Å². The largest absolute Gasteiger partial charge is 0.289 e. The van der Waals surface area contributed by atoms with Crippen LogP contribution in [0.3, 0.4) is 0 Å². The smallest absolute Gasteiger partial charge is 0.266 e. The van der Waals surface area contributed by atoms with E-state index in [0.29, 0.717) is 32.5 Å². The summed E-state index contributed by atoms with van der Waals surface area (Å²) in [5, 5.41) is 4.69. The van der Waals surface area contributed by atoms with Crippen molar-refractivity contribution in [2.75, 3.05) is 11.5 Å². The Bertz CT molecular complexity index is 1380. The number of halogens is 1. The SMILES string of the molecule is O=C1/C(=C/c2cn(-c3ccccc3)nc2-c2ccc(F)cc2)SC(=S)N1[C@@H]1CCS(=O)(=O)C1. The van der Waals surface area contributed by atoms with Crippen molar-refractivity contribution in [2.24, 2.45) is 0 Å². The fraction of sp³-hybridized carbons (Fsp3) is 0.174. The highest BCUT2D eigenvalue weighted by Crippen LogP contribution is 2.37. The van der Waals surface area contributed by atoms with Gasteiger partial charge in [0.1, 0.15) is 10.1 Å². The van der Waals surface area contributed by atoms with Gasteiger partial charge >= 0.3 is 0 Å². The van der Waals surface area contributed by atoms with Gasteiger partial charge in [-0.1, -0.05) is 42.2 Å². The number of carbonyl (C=O) groups is 1. The zero-order valence-corrected chi connectivity index (χ0v) is 19.7. The average Bonchev–Trinajstić information content (AvgIpc) is 3.45. The van der Waals surface area contributed by atoms with Crippen LogP contribution in [0.1, 0.15) is 12.0 Å². The zero-order chi connectivity index (χ0) is 23.2. The fourth-order valence-corrected chi connectivity index (χ4v) is 7.04. The molecule has 2 saturated heterocycles. The summed E-state index contributed by atoms with van der Waals surface area (Å²) in [7, 11) is -3.16. The monoisotopic (exact) mass is 499 g/mol. The Balaban J connectivity index is 1.54. The molecule has 5 rings (SSSR count). The van der Waals surface area contributed by atoms with Gasteiger partial charge in [0.15, 0.2) is 9.84 Å². The molecular weight excluding hydrogens is 481 g/mol. The first-order chi connectivity index (χ1) is 15.8. The summed E-state index contributed by atoms with van der Waals surface area (Å²) in [5.41, 5.74) is 2.80. The Morgan fingerprint density at radius 3 is 2.52 bits per heavy atom. The number of aromatic nitrogens is 2. The Morgan fingerprint density at radius 2 is 1.85 bits per heavy atom. The van der Waals surface area contributed by atoms with Gasteiger partial charge in [0.05, 0.1) is 33.8 Å². The number of benzene rings is 2. The number of nitrogens with zero attached hydrogens (tertiary/aromatic N) is 3. The molecule has 2 aliphatic heterocycles. The van der Waals surface area contributed by atoms with E-state index in [1.54, 1.807) is 29.1 Å². The molecule has 2 fully saturated rings. The number of carbonyl (C=O) groups excluding carboxylic acids is 1. The summed E-state index contributed by atoms with van der Waals surface area (Å²) in [4.78, 5) is 15.0. The van der Waals surface area contributed by atoms with Gasteiger partial charge in [-0.2, -0.15) is 5.10 Å². The van der Waals surface area contributed by atoms with Crippen LogP contribution in [-0.4, -0.2) is 50.9 Å². The maximum Gasteiger partial charge on any atom is 0.266 e. The molecule has 0 saturated carbocycles. The third-order valence-corrected chi connectivity index (χ3v) is 8.65. The first-order valence-corrected chi connectivity index (χ1v) is 13.2. The Hall–Kier alpha value is -2.82. The highest BCUT2D eigenvalue weighted by atomic mass is 32.2. The normalized spacial score (nSPS) is 21.3. The van der Waals surface area contributed by atoms with Crippen LogP contribution >= 0.6 is 24.0 Å². The third-order valence-electron chi connectivity index (χ3n) is 5.56. The van der Waals surface area contributed by atoms with Gasteiger partial charge in [-0.3, -0.25) is 9.69 Å². The van der Waals surface area contributed by atoms with Crippen LogP contribution < -0.4 is 0 Å². The van der Waals surface area contributed by atoms with E-state index in [1.807, 2.05) is 30.3 Å². The lowest BCUT2D eigenvalue weighted by Crippen LogP contribution is -2.39. The van der Waals surface area contributed by atoms with Crippen LogP contribution in [0.5, 0.6) is 0 Å². The number of rotatable bonds is 4. The predicted octanol–water partition coefficient (Wildman–Crippen LogP) is 4.07. The predicted molar refractivity (Wildman–Crippen MR) is 131 cm³/mol. The summed E-state index contributed by atoms with van der Waals surface area (Å²) < 4.78 is 39.4. The molecule has 33 heavy (non-hydrogen) atoms. The Morgan fingerprint density at radius 1 is 1.12 bits per heavy atom. The number of amides is 1. The van der Waals surface area contributed by atoms with Crippen LogP contribution in [0.2, 0.25) is 0 Å². The maximum atomic E-state index is 13.5. The first-order valence-electron chi connectivity index (χ1n) is 10.2. The van der Waals surface area contributed by atoms with Gasteiger partial charge in [-0.15, -0.1) is 0 Å². The molecule has 2 aliphatic rings. The van der Waals surface area contributed by atoms with Crippen molar-refractivity contribution in [1.82, 2.24) is 14.7 Å². The van der Waals surface area contributed by atoms with E-state index in [-0.39, 0.29) is 23.2 Å². The molecule has 168 valence electrons. The van der Waals surface area contributed by atoms with Crippen molar-refractivity contribution in [3.8, 4) is 16.9 Å². The number of sulfone groups is 1. The van der Waals surface area contributed by atoms with Crippen LogP contribution in [0.25, 0.3) is 23.0 Å². The van der Waals surface area contributed by atoms with E-state index in [2.05, 4.69) is 5.10 Å². The van der Waals surface area contributed by atoms with Gasteiger partial charge in [0.25, 0.3) is 5.91 Å². The molecule has 10 heteroatoms. The van der Waals surface area contributed by atoms with Gasteiger partial charge in [0, 0.05) is 17.3 Å². The highest BCUT2D eigenvalue weighted by molar-refractivity contribution is 8.26. The van der Waals surface area contributed by atoms with Crippen molar-refractivity contribution in [2.45, 2.75) is 12.5 Å². The van der Waals surface area contributed by atoms with Crippen molar-refractivity contribution in [3.05, 3.63) is 77.1 Å². The van der Waals surface area contributed by atoms with E-state index in [4.69, 9.17) is 12.2 Å². The van der Waals surface area contributed by atoms with Crippen molar-refractivity contribution >= 4 is 50.1 Å². The number of para-hydroxylation sites is 1. The Kier molecular flexibility index (Phi) is 5.67. The minimum Gasteiger partial charge on any atom is -0.289 e. The minimum absolute atomic E-state index is 0.0618. The molecule has 2 aromatic carbocycles. The minimum atomic E-state index is -3.16. The molecule has 6 nitrogen and oxygen atoms in total. The number of thioether (sulfide) groups is 1. The van der Waals surface area contributed by atoms with Gasteiger partial charge in [0.2, 0.25) is 0 Å². The van der Waals surface area contributed by atoms with Crippen LogP contribution in [0.15, 0.2) is 65.7 Å². The van der Waals surface area contributed by atoms with Crippen LogP contribution in [0.4, 0.5) is 4.39 Å². The second-order valence-electron chi connectivity index (χ2n) is 7.83. The molecule has 0 radical (unpaired) electrons. The second-order valence-corrected chi connectivity index (χ2v) is 11.7. The lowest BCUT2D eigenvalue weighted by Gasteiger charge is -2.20. The van der Waals surface area contributed by atoms with Crippen molar-refractivity contribution in [3.63, 3.8) is 0 Å². The lowest BCUT2D eigenvalue weighted by molar-refractivity contribution is -0.123. The molecule has 0 aliphatic carbocycles.